The molecular weight excluding hydrogens is 202 g/mol. The van der Waals surface area contributed by atoms with E-state index in [1.165, 1.54) is 5.69 Å². The molecule has 6 N–H and O–H groups in total. The predicted octanol–water partition coefficient (Wildman–Crippen LogP) is 0.121. The van der Waals surface area contributed by atoms with Crippen molar-refractivity contribution in [2.75, 3.05) is 23.7 Å². The SMILES string of the molecule is NC(N)=NC1CCN(c2ccc(N)cc2)C1. The first-order valence-electron chi connectivity index (χ1n) is 5.34. The zero-order valence-electron chi connectivity index (χ0n) is 9.13. The van der Waals surface area contributed by atoms with Crippen LogP contribution in [0.1, 0.15) is 6.42 Å². The number of guanidine groups is 1. The molecule has 0 aromatic heterocycles. The Morgan fingerprint density at radius 2 is 1.94 bits per heavy atom. The van der Waals surface area contributed by atoms with Crippen molar-refractivity contribution in [3.8, 4) is 0 Å². The van der Waals surface area contributed by atoms with Gasteiger partial charge in [0.05, 0.1) is 6.04 Å². The predicted molar refractivity (Wildman–Crippen MR) is 67.3 cm³/mol. The molecule has 0 saturated carbocycles. The maximum absolute atomic E-state index is 5.65. The maximum Gasteiger partial charge on any atom is 0.186 e. The number of aliphatic imine (C=N–C) groups is 1. The van der Waals surface area contributed by atoms with E-state index in [-0.39, 0.29) is 12.0 Å². The first kappa shape index (κ1) is 10.6. The van der Waals surface area contributed by atoms with Crippen molar-refractivity contribution in [1.29, 1.82) is 0 Å². The van der Waals surface area contributed by atoms with E-state index in [9.17, 15) is 0 Å². The molecule has 1 saturated heterocycles. The van der Waals surface area contributed by atoms with Crippen LogP contribution in [0.5, 0.6) is 0 Å². The number of hydrogen-bond donors (Lipinski definition) is 3. The fourth-order valence-electron chi connectivity index (χ4n) is 1.98. The lowest BCUT2D eigenvalue weighted by atomic mass is 10.2. The molecule has 86 valence electrons. The van der Waals surface area contributed by atoms with Gasteiger partial charge in [-0.05, 0) is 30.7 Å². The van der Waals surface area contributed by atoms with Gasteiger partial charge >= 0.3 is 0 Å². The van der Waals surface area contributed by atoms with E-state index in [1.54, 1.807) is 0 Å². The van der Waals surface area contributed by atoms with Crippen LogP contribution in [0.3, 0.4) is 0 Å². The molecule has 0 bridgehead atoms. The Morgan fingerprint density at radius 1 is 1.25 bits per heavy atom. The van der Waals surface area contributed by atoms with Crippen molar-refractivity contribution in [3.63, 3.8) is 0 Å². The molecule has 1 unspecified atom stereocenters. The summed E-state index contributed by atoms with van der Waals surface area (Å²) in [7, 11) is 0. The second kappa shape index (κ2) is 4.30. The third-order valence-electron chi connectivity index (χ3n) is 2.75. The summed E-state index contributed by atoms with van der Waals surface area (Å²) < 4.78 is 0. The minimum Gasteiger partial charge on any atom is -0.399 e. The molecule has 2 rings (SSSR count). The number of anilines is 2. The number of nitrogen functional groups attached to an aromatic ring is 1. The summed E-state index contributed by atoms with van der Waals surface area (Å²) in [6, 6.07) is 8.06. The van der Waals surface area contributed by atoms with Crippen LogP contribution in [0.2, 0.25) is 0 Å². The zero-order valence-corrected chi connectivity index (χ0v) is 9.13. The van der Waals surface area contributed by atoms with Gasteiger partial charge in [0.15, 0.2) is 5.96 Å². The van der Waals surface area contributed by atoms with Gasteiger partial charge in [0.2, 0.25) is 0 Å². The van der Waals surface area contributed by atoms with Crippen LogP contribution in [0, 0.1) is 0 Å². The molecule has 0 aliphatic carbocycles. The van der Waals surface area contributed by atoms with E-state index in [0.29, 0.717) is 0 Å². The summed E-state index contributed by atoms with van der Waals surface area (Å²) in [6.45, 7) is 1.84. The third kappa shape index (κ3) is 2.36. The van der Waals surface area contributed by atoms with Gasteiger partial charge in [-0.15, -0.1) is 0 Å². The van der Waals surface area contributed by atoms with E-state index in [0.717, 1.165) is 25.2 Å². The van der Waals surface area contributed by atoms with E-state index in [2.05, 4.69) is 9.89 Å². The van der Waals surface area contributed by atoms with Crippen LogP contribution in [0.25, 0.3) is 0 Å². The molecule has 5 nitrogen and oxygen atoms in total. The smallest absolute Gasteiger partial charge is 0.186 e. The highest BCUT2D eigenvalue weighted by molar-refractivity contribution is 5.76. The van der Waals surface area contributed by atoms with Crippen LogP contribution in [0.4, 0.5) is 11.4 Å². The highest BCUT2D eigenvalue weighted by atomic mass is 15.2. The van der Waals surface area contributed by atoms with Crippen molar-refractivity contribution in [2.45, 2.75) is 12.5 Å². The first-order chi connectivity index (χ1) is 7.65. The number of hydrogen-bond acceptors (Lipinski definition) is 3. The molecule has 1 aliphatic heterocycles. The summed E-state index contributed by atoms with van der Waals surface area (Å²) in [5.41, 5.74) is 18.3. The number of nitrogens with zero attached hydrogens (tertiary/aromatic N) is 2. The Morgan fingerprint density at radius 3 is 2.56 bits per heavy atom. The van der Waals surface area contributed by atoms with E-state index >= 15 is 0 Å². The number of nitrogens with two attached hydrogens (primary N) is 3. The molecule has 1 aliphatic rings. The Kier molecular flexibility index (Phi) is 2.85. The van der Waals surface area contributed by atoms with Gasteiger partial charge in [-0.1, -0.05) is 0 Å². The molecule has 5 heteroatoms. The van der Waals surface area contributed by atoms with E-state index in [4.69, 9.17) is 17.2 Å². The van der Waals surface area contributed by atoms with Crippen LogP contribution in [0.15, 0.2) is 29.3 Å². The van der Waals surface area contributed by atoms with Crippen LogP contribution in [-0.4, -0.2) is 25.1 Å². The lowest BCUT2D eigenvalue weighted by molar-refractivity contribution is 0.751. The van der Waals surface area contributed by atoms with Crippen LogP contribution >= 0.6 is 0 Å². The fourth-order valence-corrected chi connectivity index (χ4v) is 1.98. The molecule has 0 amide bonds. The molecule has 1 aromatic carbocycles. The third-order valence-corrected chi connectivity index (χ3v) is 2.75. The quantitative estimate of drug-likeness (QED) is 0.374. The normalized spacial score (nSPS) is 19.8. The summed E-state index contributed by atoms with van der Waals surface area (Å²) in [5, 5.41) is 0. The Bertz CT molecular complexity index is 380. The molecule has 0 spiro atoms. The molecule has 1 fully saturated rings. The van der Waals surface area contributed by atoms with Crippen molar-refractivity contribution in [1.82, 2.24) is 0 Å². The van der Waals surface area contributed by atoms with Gasteiger partial charge < -0.3 is 22.1 Å². The lowest BCUT2D eigenvalue weighted by Gasteiger charge is -2.17. The highest BCUT2D eigenvalue weighted by Crippen LogP contribution is 2.22. The Hall–Kier alpha value is -1.91. The second-order valence-electron chi connectivity index (χ2n) is 4.03. The van der Waals surface area contributed by atoms with Gasteiger partial charge in [-0.25, -0.2) is 4.99 Å². The van der Waals surface area contributed by atoms with E-state index < -0.39 is 0 Å². The monoisotopic (exact) mass is 219 g/mol. The Labute approximate surface area is 94.9 Å². The lowest BCUT2D eigenvalue weighted by Crippen LogP contribution is -2.27. The highest BCUT2D eigenvalue weighted by Gasteiger charge is 2.21. The molecule has 1 heterocycles. The molecule has 1 atom stereocenters. The standard InChI is InChI=1S/C11H17N5/c12-8-1-3-10(4-2-8)16-6-5-9(7-16)15-11(13)14/h1-4,9H,5-7,12H2,(H4,13,14,15). The number of rotatable bonds is 2. The van der Waals surface area contributed by atoms with Crippen molar-refractivity contribution in [3.05, 3.63) is 24.3 Å². The topological polar surface area (TPSA) is 93.7 Å². The van der Waals surface area contributed by atoms with Crippen LogP contribution in [-0.2, 0) is 0 Å². The van der Waals surface area contributed by atoms with Gasteiger partial charge in [0, 0.05) is 24.5 Å². The minimum absolute atomic E-state index is 0.171. The average Bonchev–Trinajstić information content (AvgIpc) is 2.66. The average molecular weight is 219 g/mol. The number of benzene rings is 1. The molecule has 0 radical (unpaired) electrons. The molecule has 1 aromatic rings. The summed E-state index contributed by atoms with van der Waals surface area (Å²) in [4.78, 5) is 6.44. The minimum atomic E-state index is 0.171. The Balaban J connectivity index is 2.03. The van der Waals surface area contributed by atoms with Gasteiger partial charge in [0.1, 0.15) is 0 Å². The molecule has 16 heavy (non-hydrogen) atoms. The van der Waals surface area contributed by atoms with Crippen molar-refractivity contribution in [2.24, 2.45) is 16.5 Å². The van der Waals surface area contributed by atoms with E-state index in [1.807, 2.05) is 24.3 Å². The van der Waals surface area contributed by atoms with Gasteiger partial charge in [-0.3, -0.25) is 0 Å². The molecular formula is C11H17N5. The van der Waals surface area contributed by atoms with Gasteiger partial charge in [-0.2, -0.15) is 0 Å². The second-order valence-corrected chi connectivity index (χ2v) is 4.03. The fraction of sp³-hybridized carbons (Fsp3) is 0.364. The maximum atomic E-state index is 5.65. The zero-order chi connectivity index (χ0) is 11.5. The summed E-state index contributed by atoms with van der Waals surface area (Å²) >= 11 is 0. The van der Waals surface area contributed by atoms with Crippen molar-refractivity contribution < 1.29 is 0 Å². The first-order valence-corrected chi connectivity index (χ1v) is 5.34. The van der Waals surface area contributed by atoms with Crippen molar-refractivity contribution >= 4 is 17.3 Å². The summed E-state index contributed by atoms with van der Waals surface area (Å²) in [5.74, 6) is 0.171. The largest absolute Gasteiger partial charge is 0.399 e. The summed E-state index contributed by atoms with van der Waals surface area (Å²) in [6.07, 6.45) is 0.988. The van der Waals surface area contributed by atoms with Gasteiger partial charge in [0.25, 0.3) is 0 Å². The van der Waals surface area contributed by atoms with Crippen LogP contribution < -0.4 is 22.1 Å².